The summed E-state index contributed by atoms with van der Waals surface area (Å²) in [6.45, 7) is 4.95. The normalized spacial score (nSPS) is 13.1. The van der Waals surface area contributed by atoms with Crippen molar-refractivity contribution in [2.75, 3.05) is 20.3 Å². The molecule has 0 aromatic carbocycles. The number of methoxy groups -OCH3 is 1. The highest BCUT2D eigenvalue weighted by Gasteiger charge is 2.00. The fourth-order valence-electron chi connectivity index (χ4n) is 1.47. The number of hydrogen-bond donors (Lipinski definition) is 1. The van der Waals surface area contributed by atoms with E-state index < -0.39 is 0 Å². The Bertz CT molecular complexity index is 258. The molecule has 3 nitrogen and oxygen atoms in total. The third kappa shape index (κ3) is 3.94. The van der Waals surface area contributed by atoms with Gasteiger partial charge >= 0.3 is 0 Å². The van der Waals surface area contributed by atoms with Crippen molar-refractivity contribution in [3.63, 3.8) is 0 Å². The van der Waals surface area contributed by atoms with Crippen molar-refractivity contribution in [2.24, 2.45) is 13.0 Å². The van der Waals surface area contributed by atoms with Gasteiger partial charge in [0.1, 0.15) is 0 Å². The van der Waals surface area contributed by atoms with E-state index in [-0.39, 0.29) is 0 Å². The second-order valence-corrected chi connectivity index (χ2v) is 3.88. The summed E-state index contributed by atoms with van der Waals surface area (Å²) in [6.07, 6.45) is 4.20. The molecule has 0 fully saturated rings. The topological polar surface area (TPSA) is 26.2 Å². The maximum Gasteiger partial charge on any atom is 0.0499 e. The third-order valence-corrected chi connectivity index (χ3v) is 2.17. The summed E-state index contributed by atoms with van der Waals surface area (Å²) < 4.78 is 7.13. The molecule has 80 valence electrons. The number of aromatic nitrogens is 1. The molecule has 0 aliphatic heterocycles. The Kier molecular flexibility index (Phi) is 4.70. The molecule has 0 aliphatic rings. The molecular weight excluding hydrogens is 176 g/mol. The lowest BCUT2D eigenvalue weighted by atomic mass is 10.2. The lowest BCUT2D eigenvalue weighted by molar-refractivity contribution is 0.158. The van der Waals surface area contributed by atoms with Gasteiger partial charge in [0.05, 0.1) is 0 Å². The highest BCUT2D eigenvalue weighted by atomic mass is 16.5. The smallest absolute Gasteiger partial charge is 0.0499 e. The molecule has 1 N–H and O–H groups in total. The number of ether oxygens (including phenoxy) is 1. The van der Waals surface area contributed by atoms with Gasteiger partial charge in [-0.2, -0.15) is 0 Å². The number of aryl methyl sites for hydroxylation is 1. The van der Waals surface area contributed by atoms with Gasteiger partial charge in [-0.15, -0.1) is 0 Å². The molecule has 14 heavy (non-hydrogen) atoms. The fraction of sp³-hybridized carbons (Fsp3) is 0.636. The zero-order valence-corrected chi connectivity index (χ0v) is 9.29. The number of hydrogen-bond acceptors (Lipinski definition) is 2. The van der Waals surface area contributed by atoms with E-state index in [0.29, 0.717) is 5.92 Å². The molecule has 1 rings (SSSR count). The van der Waals surface area contributed by atoms with Gasteiger partial charge in [-0.05, 0) is 17.5 Å². The molecular formula is C11H20N2O. The molecule has 1 heterocycles. The summed E-state index contributed by atoms with van der Waals surface area (Å²) in [7, 11) is 3.78. The Morgan fingerprint density at radius 1 is 1.57 bits per heavy atom. The molecule has 1 aromatic heterocycles. The van der Waals surface area contributed by atoms with Gasteiger partial charge in [-0.1, -0.05) is 6.92 Å². The van der Waals surface area contributed by atoms with Crippen molar-refractivity contribution in [3.05, 3.63) is 24.0 Å². The largest absolute Gasteiger partial charge is 0.384 e. The molecule has 0 saturated heterocycles. The van der Waals surface area contributed by atoms with Gasteiger partial charge in [0.2, 0.25) is 0 Å². The van der Waals surface area contributed by atoms with E-state index >= 15 is 0 Å². The Morgan fingerprint density at radius 3 is 2.93 bits per heavy atom. The van der Waals surface area contributed by atoms with Gasteiger partial charge in [0.15, 0.2) is 0 Å². The summed E-state index contributed by atoms with van der Waals surface area (Å²) in [5.74, 6) is 0.573. The van der Waals surface area contributed by atoms with E-state index in [1.807, 2.05) is 7.05 Å². The SMILES string of the molecule is COCC(C)CNCc1ccn(C)c1. The van der Waals surface area contributed by atoms with Crippen LogP contribution < -0.4 is 5.32 Å². The van der Waals surface area contributed by atoms with Crippen LogP contribution in [0.2, 0.25) is 0 Å². The first kappa shape index (κ1) is 11.3. The van der Waals surface area contributed by atoms with Crippen molar-refractivity contribution < 1.29 is 4.74 Å². The molecule has 1 unspecified atom stereocenters. The maximum atomic E-state index is 5.07. The summed E-state index contributed by atoms with van der Waals surface area (Å²) in [6, 6.07) is 2.13. The van der Waals surface area contributed by atoms with Gasteiger partial charge in [0, 0.05) is 46.2 Å². The van der Waals surface area contributed by atoms with Crippen LogP contribution in [-0.4, -0.2) is 24.8 Å². The second kappa shape index (κ2) is 5.83. The summed E-state index contributed by atoms with van der Waals surface area (Å²) in [5, 5.41) is 3.41. The Labute approximate surface area is 86.1 Å². The van der Waals surface area contributed by atoms with E-state index in [0.717, 1.165) is 19.7 Å². The maximum absolute atomic E-state index is 5.07. The molecule has 0 saturated carbocycles. The van der Waals surface area contributed by atoms with Gasteiger partial charge in [0.25, 0.3) is 0 Å². The van der Waals surface area contributed by atoms with Crippen LogP contribution in [0, 0.1) is 5.92 Å². The van der Waals surface area contributed by atoms with E-state index in [1.54, 1.807) is 7.11 Å². The summed E-state index contributed by atoms with van der Waals surface area (Å²) in [5.41, 5.74) is 1.33. The molecule has 1 atom stereocenters. The second-order valence-electron chi connectivity index (χ2n) is 3.88. The highest BCUT2D eigenvalue weighted by Crippen LogP contribution is 1.99. The van der Waals surface area contributed by atoms with Crippen LogP contribution in [0.4, 0.5) is 0 Å². The van der Waals surface area contributed by atoms with Crippen molar-refractivity contribution in [1.82, 2.24) is 9.88 Å². The number of nitrogens with one attached hydrogen (secondary N) is 1. The van der Waals surface area contributed by atoms with Crippen LogP contribution in [0.3, 0.4) is 0 Å². The molecule has 0 bridgehead atoms. The molecule has 0 aliphatic carbocycles. The minimum Gasteiger partial charge on any atom is -0.384 e. The minimum atomic E-state index is 0.573. The van der Waals surface area contributed by atoms with Crippen LogP contribution in [0.15, 0.2) is 18.5 Å². The van der Waals surface area contributed by atoms with Crippen LogP contribution in [0.5, 0.6) is 0 Å². The standard InChI is InChI=1S/C11H20N2O/c1-10(9-14-3)6-12-7-11-4-5-13(2)8-11/h4-5,8,10,12H,6-7,9H2,1-3H3. The fourth-order valence-corrected chi connectivity index (χ4v) is 1.47. The first-order chi connectivity index (χ1) is 6.72. The Balaban J connectivity index is 2.15. The zero-order valence-electron chi connectivity index (χ0n) is 9.29. The number of nitrogens with zero attached hydrogens (tertiary/aromatic N) is 1. The van der Waals surface area contributed by atoms with Crippen LogP contribution in [0.25, 0.3) is 0 Å². The predicted octanol–water partition coefficient (Wildman–Crippen LogP) is 1.40. The zero-order chi connectivity index (χ0) is 10.4. The van der Waals surface area contributed by atoms with E-state index in [9.17, 15) is 0 Å². The van der Waals surface area contributed by atoms with Crippen LogP contribution in [0.1, 0.15) is 12.5 Å². The number of rotatable bonds is 6. The molecule has 0 amide bonds. The molecule has 0 radical (unpaired) electrons. The van der Waals surface area contributed by atoms with Crippen molar-refractivity contribution >= 4 is 0 Å². The minimum absolute atomic E-state index is 0.573. The van der Waals surface area contributed by atoms with E-state index in [1.165, 1.54) is 5.56 Å². The summed E-state index contributed by atoms with van der Waals surface area (Å²) in [4.78, 5) is 0. The highest BCUT2D eigenvalue weighted by molar-refractivity contribution is 5.09. The van der Waals surface area contributed by atoms with Crippen molar-refractivity contribution in [3.8, 4) is 0 Å². The third-order valence-electron chi connectivity index (χ3n) is 2.17. The van der Waals surface area contributed by atoms with Crippen molar-refractivity contribution in [2.45, 2.75) is 13.5 Å². The average molecular weight is 196 g/mol. The monoisotopic (exact) mass is 196 g/mol. The molecule has 1 aromatic rings. The Hall–Kier alpha value is -0.800. The first-order valence-corrected chi connectivity index (χ1v) is 5.03. The van der Waals surface area contributed by atoms with E-state index in [4.69, 9.17) is 4.74 Å². The van der Waals surface area contributed by atoms with Gasteiger partial charge in [-0.25, -0.2) is 0 Å². The quantitative estimate of drug-likeness (QED) is 0.744. The molecule has 0 spiro atoms. The molecule has 3 heteroatoms. The average Bonchev–Trinajstić information content (AvgIpc) is 2.52. The van der Waals surface area contributed by atoms with Crippen molar-refractivity contribution in [1.29, 1.82) is 0 Å². The van der Waals surface area contributed by atoms with Crippen LogP contribution >= 0.6 is 0 Å². The lowest BCUT2D eigenvalue weighted by Crippen LogP contribution is -2.23. The predicted molar refractivity (Wildman–Crippen MR) is 58.2 cm³/mol. The first-order valence-electron chi connectivity index (χ1n) is 5.03. The summed E-state index contributed by atoms with van der Waals surface area (Å²) >= 11 is 0. The van der Waals surface area contributed by atoms with Gasteiger partial charge in [-0.3, -0.25) is 0 Å². The van der Waals surface area contributed by atoms with Gasteiger partial charge < -0.3 is 14.6 Å². The lowest BCUT2D eigenvalue weighted by Gasteiger charge is -2.10. The van der Waals surface area contributed by atoms with Crippen LogP contribution in [-0.2, 0) is 18.3 Å². The van der Waals surface area contributed by atoms with E-state index in [2.05, 4.69) is 35.3 Å². The Morgan fingerprint density at radius 2 is 2.36 bits per heavy atom.